The third-order valence-corrected chi connectivity index (χ3v) is 5.26. The van der Waals surface area contributed by atoms with E-state index in [1.54, 1.807) is 11.3 Å². The smallest absolute Gasteiger partial charge is 0.230 e. The molecule has 22 heavy (non-hydrogen) atoms. The summed E-state index contributed by atoms with van der Waals surface area (Å²) in [6.45, 7) is 4.41. The minimum Gasteiger partial charge on any atom is -0.302 e. The first-order chi connectivity index (χ1) is 10.6. The zero-order chi connectivity index (χ0) is 15.5. The molecule has 0 saturated carbocycles. The van der Waals surface area contributed by atoms with E-state index < -0.39 is 0 Å². The SMILES string of the molecule is CCc1ccc(CC(=O)Nc2nc3c(s2)CC(C)CC3)cc1. The van der Waals surface area contributed by atoms with Crippen molar-refractivity contribution in [3.63, 3.8) is 0 Å². The number of carbonyl (C=O) groups excluding carboxylic acids is 1. The van der Waals surface area contributed by atoms with E-state index in [2.05, 4.69) is 36.3 Å². The Morgan fingerprint density at radius 3 is 2.77 bits per heavy atom. The molecule has 3 nitrogen and oxygen atoms in total. The van der Waals surface area contributed by atoms with Gasteiger partial charge in [0.1, 0.15) is 0 Å². The number of thiazole rings is 1. The highest BCUT2D eigenvalue weighted by molar-refractivity contribution is 7.15. The summed E-state index contributed by atoms with van der Waals surface area (Å²) in [4.78, 5) is 18.1. The topological polar surface area (TPSA) is 42.0 Å². The molecule has 1 heterocycles. The van der Waals surface area contributed by atoms with Crippen molar-refractivity contribution in [3.05, 3.63) is 46.0 Å². The highest BCUT2D eigenvalue weighted by Gasteiger charge is 2.20. The molecule has 1 unspecified atom stereocenters. The Hall–Kier alpha value is -1.68. The number of anilines is 1. The van der Waals surface area contributed by atoms with Gasteiger partial charge in [-0.15, -0.1) is 11.3 Å². The number of hydrogen-bond donors (Lipinski definition) is 1. The molecule has 3 rings (SSSR count). The second-order valence-electron chi connectivity index (χ2n) is 6.13. The van der Waals surface area contributed by atoms with Crippen LogP contribution in [-0.4, -0.2) is 10.9 Å². The molecule has 1 aromatic heterocycles. The molecule has 0 radical (unpaired) electrons. The van der Waals surface area contributed by atoms with Gasteiger partial charge in [-0.3, -0.25) is 4.79 Å². The average Bonchev–Trinajstić information content (AvgIpc) is 2.89. The molecule has 1 atom stereocenters. The first-order valence-corrected chi connectivity index (χ1v) is 8.82. The van der Waals surface area contributed by atoms with Crippen LogP contribution in [0.3, 0.4) is 0 Å². The summed E-state index contributed by atoms with van der Waals surface area (Å²) in [6, 6.07) is 8.25. The number of fused-ring (bicyclic) bond motifs is 1. The largest absolute Gasteiger partial charge is 0.302 e. The van der Waals surface area contributed by atoms with Crippen LogP contribution in [0.25, 0.3) is 0 Å². The number of nitrogens with one attached hydrogen (secondary N) is 1. The lowest BCUT2D eigenvalue weighted by atomic mass is 9.93. The zero-order valence-corrected chi connectivity index (χ0v) is 14.0. The van der Waals surface area contributed by atoms with Gasteiger partial charge in [-0.05, 0) is 42.7 Å². The van der Waals surface area contributed by atoms with Crippen LogP contribution in [0.15, 0.2) is 24.3 Å². The van der Waals surface area contributed by atoms with E-state index in [9.17, 15) is 4.79 Å². The van der Waals surface area contributed by atoms with Crippen molar-refractivity contribution >= 4 is 22.4 Å². The van der Waals surface area contributed by atoms with E-state index in [1.165, 1.54) is 22.6 Å². The molecular formula is C18H22N2OS. The molecule has 1 amide bonds. The predicted molar refractivity (Wildman–Crippen MR) is 91.5 cm³/mol. The Morgan fingerprint density at radius 1 is 1.32 bits per heavy atom. The fourth-order valence-electron chi connectivity index (χ4n) is 2.83. The quantitative estimate of drug-likeness (QED) is 0.926. The number of carbonyl (C=O) groups is 1. The lowest BCUT2D eigenvalue weighted by molar-refractivity contribution is -0.115. The summed E-state index contributed by atoms with van der Waals surface area (Å²) in [5.74, 6) is 0.747. The molecule has 0 bridgehead atoms. The second kappa shape index (κ2) is 6.61. The van der Waals surface area contributed by atoms with E-state index >= 15 is 0 Å². The van der Waals surface area contributed by atoms with Crippen molar-refractivity contribution in [1.29, 1.82) is 0 Å². The standard InChI is InChI=1S/C18H22N2OS/c1-3-13-5-7-14(8-6-13)11-17(21)20-18-19-15-9-4-12(2)10-16(15)22-18/h5-8,12H,3-4,9-11H2,1-2H3,(H,19,20,21). The fourth-order valence-corrected chi connectivity index (χ4v) is 4.02. The normalized spacial score (nSPS) is 17.1. The lowest BCUT2D eigenvalue weighted by Crippen LogP contribution is -2.14. The van der Waals surface area contributed by atoms with Gasteiger partial charge < -0.3 is 5.32 Å². The van der Waals surface area contributed by atoms with E-state index in [0.717, 1.165) is 35.9 Å². The monoisotopic (exact) mass is 314 g/mol. The third-order valence-electron chi connectivity index (χ3n) is 4.23. The summed E-state index contributed by atoms with van der Waals surface area (Å²) in [6.07, 6.45) is 4.77. The number of rotatable bonds is 4. The number of aromatic nitrogens is 1. The van der Waals surface area contributed by atoms with Gasteiger partial charge in [0.25, 0.3) is 0 Å². The summed E-state index contributed by atoms with van der Waals surface area (Å²) in [5, 5.41) is 3.72. The van der Waals surface area contributed by atoms with Gasteiger partial charge in [-0.25, -0.2) is 4.98 Å². The van der Waals surface area contributed by atoms with Gasteiger partial charge in [-0.1, -0.05) is 38.1 Å². The van der Waals surface area contributed by atoms with Crippen molar-refractivity contribution in [3.8, 4) is 0 Å². The van der Waals surface area contributed by atoms with Crippen LogP contribution in [0, 0.1) is 5.92 Å². The van der Waals surface area contributed by atoms with Gasteiger partial charge in [0.15, 0.2) is 5.13 Å². The molecule has 116 valence electrons. The lowest BCUT2D eigenvalue weighted by Gasteiger charge is -2.15. The highest BCUT2D eigenvalue weighted by atomic mass is 32.1. The maximum Gasteiger partial charge on any atom is 0.230 e. The van der Waals surface area contributed by atoms with E-state index in [1.807, 2.05) is 12.1 Å². The molecule has 0 spiro atoms. The molecule has 0 aliphatic heterocycles. The first-order valence-electron chi connectivity index (χ1n) is 8.00. The maximum absolute atomic E-state index is 12.2. The van der Waals surface area contributed by atoms with Gasteiger partial charge in [0.05, 0.1) is 12.1 Å². The Bertz CT molecular complexity index is 660. The number of amides is 1. The van der Waals surface area contributed by atoms with Crippen molar-refractivity contribution in [2.24, 2.45) is 5.92 Å². The molecule has 1 aromatic carbocycles. The van der Waals surface area contributed by atoms with Crippen molar-refractivity contribution < 1.29 is 4.79 Å². The van der Waals surface area contributed by atoms with Crippen LogP contribution in [-0.2, 0) is 30.5 Å². The van der Waals surface area contributed by atoms with E-state index in [-0.39, 0.29) is 5.91 Å². The van der Waals surface area contributed by atoms with Crippen molar-refractivity contribution in [2.75, 3.05) is 5.32 Å². The van der Waals surface area contributed by atoms with Crippen LogP contribution >= 0.6 is 11.3 Å². The summed E-state index contributed by atoms with van der Waals surface area (Å²) in [5.41, 5.74) is 3.53. The van der Waals surface area contributed by atoms with Gasteiger partial charge in [0.2, 0.25) is 5.91 Å². The van der Waals surface area contributed by atoms with Crippen LogP contribution < -0.4 is 5.32 Å². The summed E-state index contributed by atoms with van der Waals surface area (Å²) in [7, 11) is 0. The first kappa shape index (κ1) is 15.2. The van der Waals surface area contributed by atoms with Crippen LogP contribution in [0.1, 0.15) is 42.0 Å². The fraction of sp³-hybridized carbons (Fsp3) is 0.444. The Balaban J connectivity index is 1.61. The highest BCUT2D eigenvalue weighted by Crippen LogP contribution is 2.32. The molecule has 0 saturated heterocycles. The Labute approximate surface area is 135 Å². The number of hydrogen-bond acceptors (Lipinski definition) is 3. The average molecular weight is 314 g/mol. The number of benzene rings is 1. The molecular weight excluding hydrogens is 292 g/mol. The summed E-state index contributed by atoms with van der Waals surface area (Å²) >= 11 is 1.64. The minimum absolute atomic E-state index is 0.0170. The minimum atomic E-state index is 0.0170. The second-order valence-corrected chi connectivity index (χ2v) is 7.22. The maximum atomic E-state index is 12.2. The molecule has 2 aromatic rings. The summed E-state index contributed by atoms with van der Waals surface area (Å²) < 4.78 is 0. The number of nitrogens with zero attached hydrogens (tertiary/aromatic N) is 1. The van der Waals surface area contributed by atoms with Gasteiger partial charge >= 0.3 is 0 Å². The number of aryl methyl sites for hydroxylation is 2. The van der Waals surface area contributed by atoms with Crippen LogP contribution in [0.4, 0.5) is 5.13 Å². The van der Waals surface area contributed by atoms with Crippen molar-refractivity contribution in [2.45, 2.75) is 46.0 Å². The zero-order valence-electron chi connectivity index (χ0n) is 13.2. The molecule has 1 aliphatic rings. The molecule has 1 aliphatic carbocycles. The van der Waals surface area contributed by atoms with Crippen LogP contribution in [0.2, 0.25) is 0 Å². The Kier molecular flexibility index (Phi) is 4.57. The van der Waals surface area contributed by atoms with Crippen LogP contribution in [0.5, 0.6) is 0 Å². The van der Waals surface area contributed by atoms with E-state index in [4.69, 9.17) is 0 Å². The Morgan fingerprint density at radius 2 is 2.05 bits per heavy atom. The van der Waals surface area contributed by atoms with E-state index in [0.29, 0.717) is 6.42 Å². The van der Waals surface area contributed by atoms with Crippen molar-refractivity contribution in [1.82, 2.24) is 4.98 Å². The molecule has 4 heteroatoms. The predicted octanol–water partition coefficient (Wildman–Crippen LogP) is 4.01. The van der Waals surface area contributed by atoms with Gasteiger partial charge in [-0.2, -0.15) is 0 Å². The third kappa shape index (κ3) is 3.55. The molecule has 1 N–H and O–H groups in total. The van der Waals surface area contributed by atoms with Gasteiger partial charge in [0, 0.05) is 4.88 Å². The molecule has 0 fully saturated rings.